The van der Waals surface area contributed by atoms with E-state index in [2.05, 4.69) is 35.0 Å². The lowest BCUT2D eigenvalue weighted by molar-refractivity contribution is 0.112. The fraction of sp³-hybridized carbons (Fsp3) is 0.238. The Morgan fingerprint density at radius 2 is 2.15 bits per heavy atom. The van der Waals surface area contributed by atoms with Crippen molar-refractivity contribution in [3.8, 4) is 11.5 Å². The minimum Gasteiger partial charge on any atom is -0.381 e. The summed E-state index contributed by atoms with van der Waals surface area (Å²) in [5.41, 5.74) is 4.44. The molecule has 0 unspecified atom stereocenters. The molecule has 2 aromatic carbocycles. The average molecular weight is 362 g/mol. The molecule has 3 heterocycles. The summed E-state index contributed by atoms with van der Waals surface area (Å²) in [4.78, 5) is 15.8. The number of anilines is 1. The Balaban J connectivity index is 1.85. The number of fused-ring (bicyclic) bond motifs is 1. The molecule has 4 aromatic rings. The molecule has 1 aliphatic rings. The Morgan fingerprint density at radius 1 is 1.30 bits per heavy atom. The first-order valence-corrected chi connectivity index (χ1v) is 9.11. The van der Waals surface area contributed by atoms with Gasteiger partial charge in [-0.1, -0.05) is 19.1 Å². The first kappa shape index (κ1) is 16.1. The van der Waals surface area contributed by atoms with Crippen molar-refractivity contribution in [1.29, 1.82) is 0 Å². The molecule has 1 atom stereocenters. The monoisotopic (exact) mass is 362 g/mol. The number of aldehydes is 1. The van der Waals surface area contributed by atoms with E-state index in [1.165, 1.54) is 6.07 Å². The predicted molar refractivity (Wildman–Crippen MR) is 105 cm³/mol. The fourth-order valence-corrected chi connectivity index (χ4v) is 4.24. The third-order valence-corrected chi connectivity index (χ3v) is 5.53. The first-order valence-electron chi connectivity index (χ1n) is 9.11. The molecule has 6 heteroatoms. The molecule has 1 aliphatic heterocycles. The molecule has 0 saturated heterocycles. The molecule has 0 amide bonds. The van der Waals surface area contributed by atoms with Gasteiger partial charge in [0.2, 0.25) is 0 Å². The number of imidazole rings is 1. The van der Waals surface area contributed by atoms with Crippen LogP contribution in [0.1, 0.15) is 29.7 Å². The maximum Gasteiger partial charge on any atom is 0.157 e. The van der Waals surface area contributed by atoms with Gasteiger partial charge in [0.1, 0.15) is 17.6 Å². The Hall–Kier alpha value is -3.15. The van der Waals surface area contributed by atoms with Gasteiger partial charge >= 0.3 is 0 Å². The molecule has 0 bridgehead atoms. The van der Waals surface area contributed by atoms with Crippen molar-refractivity contribution in [2.24, 2.45) is 7.05 Å². The number of carbonyl (C=O) groups excluding carboxylic acids is 1. The van der Waals surface area contributed by atoms with Crippen molar-refractivity contribution in [1.82, 2.24) is 14.1 Å². The van der Waals surface area contributed by atoms with Crippen LogP contribution in [0.2, 0.25) is 0 Å². The van der Waals surface area contributed by atoms with Crippen molar-refractivity contribution in [2.45, 2.75) is 19.4 Å². The highest BCUT2D eigenvalue weighted by Crippen LogP contribution is 2.39. The second-order valence-electron chi connectivity index (χ2n) is 7.07. The molecule has 5 nitrogen and oxygen atoms in total. The van der Waals surface area contributed by atoms with Gasteiger partial charge in [-0.05, 0) is 30.7 Å². The summed E-state index contributed by atoms with van der Waals surface area (Å²) in [5.74, 6) is 0.273. The minimum absolute atomic E-state index is 0.294. The quantitative estimate of drug-likeness (QED) is 0.545. The standard InChI is InChI=1S/C21H19FN4O/c1-3-14-10-23-16-6-4-5-13-9-18(26(14)19(13)16)21-24-17-8-12(11-27)7-15(22)20(17)25(21)2/h4-9,11,14,23H,3,10H2,1-2H3/t14-/m0/s1. The van der Waals surface area contributed by atoms with Gasteiger partial charge in [0.25, 0.3) is 0 Å². The van der Waals surface area contributed by atoms with E-state index >= 15 is 0 Å². The molecular weight excluding hydrogens is 343 g/mol. The number of hydrogen-bond acceptors (Lipinski definition) is 3. The maximum absolute atomic E-state index is 14.6. The van der Waals surface area contributed by atoms with Gasteiger partial charge in [-0.2, -0.15) is 0 Å². The fourth-order valence-electron chi connectivity index (χ4n) is 4.24. The summed E-state index contributed by atoms with van der Waals surface area (Å²) < 4.78 is 18.7. The van der Waals surface area contributed by atoms with Gasteiger partial charge in [0, 0.05) is 24.5 Å². The number of aryl methyl sites for hydroxylation is 1. The first-order chi connectivity index (χ1) is 13.1. The lowest BCUT2D eigenvalue weighted by atomic mass is 10.1. The number of nitrogens with one attached hydrogen (secondary N) is 1. The molecule has 1 N–H and O–H groups in total. The highest BCUT2D eigenvalue weighted by molar-refractivity contribution is 5.97. The third kappa shape index (κ3) is 2.16. The van der Waals surface area contributed by atoms with Crippen LogP contribution in [-0.4, -0.2) is 26.9 Å². The molecule has 5 rings (SSSR count). The molecule has 0 saturated carbocycles. The van der Waals surface area contributed by atoms with Crippen molar-refractivity contribution < 1.29 is 9.18 Å². The van der Waals surface area contributed by atoms with Crippen LogP contribution in [0.15, 0.2) is 36.4 Å². The van der Waals surface area contributed by atoms with Crippen LogP contribution < -0.4 is 5.32 Å². The zero-order valence-corrected chi connectivity index (χ0v) is 15.2. The number of para-hydroxylation sites is 1. The number of aromatic nitrogens is 3. The van der Waals surface area contributed by atoms with Gasteiger partial charge in [0.05, 0.1) is 28.5 Å². The maximum atomic E-state index is 14.6. The van der Waals surface area contributed by atoms with E-state index in [1.54, 1.807) is 10.6 Å². The number of nitrogens with zero attached hydrogens (tertiary/aromatic N) is 3. The highest BCUT2D eigenvalue weighted by atomic mass is 19.1. The molecule has 136 valence electrons. The Morgan fingerprint density at radius 3 is 2.93 bits per heavy atom. The Bertz CT molecular complexity index is 1220. The summed E-state index contributed by atoms with van der Waals surface area (Å²) in [6.07, 6.45) is 1.63. The SMILES string of the molecule is CC[C@H]1CNc2cccc3cc(-c4nc5cc(C=O)cc(F)c5n4C)n1c23. The molecular formula is C21H19FN4O. The Labute approximate surface area is 155 Å². The Kier molecular flexibility index (Phi) is 3.37. The van der Waals surface area contributed by atoms with Gasteiger partial charge in [-0.3, -0.25) is 4.79 Å². The molecule has 2 aromatic heterocycles. The summed E-state index contributed by atoms with van der Waals surface area (Å²) in [7, 11) is 1.82. The van der Waals surface area contributed by atoms with Gasteiger partial charge < -0.3 is 14.5 Å². The summed E-state index contributed by atoms with van der Waals surface area (Å²) in [6, 6.07) is 11.5. The van der Waals surface area contributed by atoms with Crippen molar-refractivity contribution in [3.05, 3.63) is 47.8 Å². The summed E-state index contributed by atoms with van der Waals surface area (Å²) in [5, 5.41) is 4.64. The number of hydrogen-bond donors (Lipinski definition) is 1. The van der Waals surface area contributed by atoms with Crippen molar-refractivity contribution in [3.63, 3.8) is 0 Å². The largest absolute Gasteiger partial charge is 0.381 e. The second kappa shape index (κ2) is 5.67. The zero-order chi connectivity index (χ0) is 18.7. The smallest absolute Gasteiger partial charge is 0.157 e. The van der Waals surface area contributed by atoms with Crippen molar-refractivity contribution in [2.75, 3.05) is 11.9 Å². The predicted octanol–water partition coefficient (Wildman–Crippen LogP) is 4.52. The molecule has 0 radical (unpaired) electrons. The van der Waals surface area contributed by atoms with Crippen molar-refractivity contribution >= 4 is 33.9 Å². The summed E-state index contributed by atoms with van der Waals surface area (Å²) >= 11 is 0. The lowest BCUT2D eigenvalue weighted by Gasteiger charge is -2.28. The van der Waals surface area contributed by atoms with E-state index in [4.69, 9.17) is 4.98 Å². The highest BCUT2D eigenvalue weighted by Gasteiger charge is 2.26. The van der Waals surface area contributed by atoms with Crippen LogP contribution in [0.4, 0.5) is 10.1 Å². The second-order valence-corrected chi connectivity index (χ2v) is 7.07. The number of halogens is 1. The van der Waals surface area contributed by atoms with Gasteiger partial charge in [-0.25, -0.2) is 9.37 Å². The molecule has 0 aliphatic carbocycles. The number of carbonyl (C=O) groups is 1. The topological polar surface area (TPSA) is 51.9 Å². The lowest BCUT2D eigenvalue weighted by Crippen LogP contribution is -2.24. The molecule has 0 spiro atoms. The van der Waals surface area contributed by atoms with Gasteiger partial charge in [0.15, 0.2) is 5.82 Å². The number of benzene rings is 2. The molecule has 27 heavy (non-hydrogen) atoms. The zero-order valence-electron chi connectivity index (χ0n) is 15.2. The van der Waals surface area contributed by atoms with Crippen LogP contribution in [0.5, 0.6) is 0 Å². The van der Waals surface area contributed by atoms with Crippen LogP contribution in [0.3, 0.4) is 0 Å². The number of rotatable bonds is 3. The normalized spacial score (nSPS) is 16.0. The van der Waals surface area contributed by atoms with E-state index in [9.17, 15) is 9.18 Å². The average Bonchev–Trinajstić information content (AvgIpc) is 3.22. The van der Waals surface area contributed by atoms with Gasteiger partial charge in [-0.15, -0.1) is 0 Å². The molecule has 0 fully saturated rings. The van der Waals surface area contributed by atoms with Crippen LogP contribution in [0.25, 0.3) is 33.5 Å². The van der Waals surface area contributed by atoms with Crippen LogP contribution in [-0.2, 0) is 7.05 Å². The third-order valence-electron chi connectivity index (χ3n) is 5.53. The van der Waals surface area contributed by atoms with E-state index in [0.717, 1.165) is 35.2 Å². The van der Waals surface area contributed by atoms with E-state index in [0.29, 0.717) is 34.7 Å². The van der Waals surface area contributed by atoms with E-state index < -0.39 is 5.82 Å². The van der Waals surface area contributed by atoms with E-state index in [-0.39, 0.29) is 0 Å². The van der Waals surface area contributed by atoms with Crippen LogP contribution in [0, 0.1) is 5.82 Å². The van der Waals surface area contributed by atoms with E-state index in [1.807, 2.05) is 13.1 Å². The van der Waals surface area contributed by atoms with Crippen LogP contribution >= 0.6 is 0 Å². The summed E-state index contributed by atoms with van der Waals surface area (Å²) in [6.45, 7) is 3.01. The minimum atomic E-state index is -0.431.